The molecule has 1 aliphatic heterocycles. The second kappa shape index (κ2) is 9.06. The summed E-state index contributed by atoms with van der Waals surface area (Å²) in [5.41, 5.74) is 4.66. The number of anilines is 1. The van der Waals surface area contributed by atoms with Gasteiger partial charge >= 0.3 is 5.97 Å². The van der Waals surface area contributed by atoms with Gasteiger partial charge in [-0.1, -0.05) is 18.2 Å². The Morgan fingerprint density at radius 2 is 1.83 bits per heavy atom. The van der Waals surface area contributed by atoms with Crippen molar-refractivity contribution in [1.29, 1.82) is 0 Å². The molecule has 9 heteroatoms. The standard InChI is InChI=1S/C20H23N3O5S/c1-2-28-20(25)16-9-11-17(12-10-16)29(26,27)22-21-19(24)14-23-13-5-7-15-6-3-4-8-18(15)23/h3-4,6,8-12,22H,2,5,7,13-14H2,1H3,(H,21,24). The first-order chi connectivity index (χ1) is 13.9. The summed E-state index contributed by atoms with van der Waals surface area (Å²) < 4.78 is 29.6. The molecular weight excluding hydrogens is 394 g/mol. The Morgan fingerprint density at radius 3 is 2.55 bits per heavy atom. The summed E-state index contributed by atoms with van der Waals surface area (Å²) in [5.74, 6) is -0.993. The molecule has 154 valence electrons. The number of nitrogens with one attached hydrogen (secondary N) is 2. The number of amides is 1. The molecular formula is C20H23N3O5S. The lowest BCUT2D eigenvalue weighted by Gasteiger charge is -2.30. The molecule has 1 aliphatic rings. The van der Waals surface area contributed by atoms with Gasteiger partial charge < -0.3 is 9.64 Å². The molecule has 29 heavy (non-hydrogen) atoms. The number of aryl methyl sites for hydroxylation is 1. The lowest BCUT2D eigenvalue weighted by Crippen LogP contribution is -2.47. The zero-order valence-corrected chi connectivity index (χ0v) is 16.9. The van der Waals surface area contributed by atoms with E-state index in [1.165, 1.54) is 29.8 Å². The quantitative estimate of drug-likeness (QED) is 0.524. The second-order valence-electron chi connectivity index (χ2n) is 6.55. The maximum Gasteiger partial charge on any atom is 0.338 e. The van der Waals surface area contributed by atoms with Crippen molar-refractivity contribution in [3.05, 3.63) is 59.7 Å². The van der Waals surface area contributed by atoms with Crippen LogP contribution in [0.15, 0.2) is 53.4 Å². The molecule has 0 unspecified atom stereocenters. The first-order valence-corrected chi connectivity index (χ1v) is 10.8. The van der Waals surface area contributed by atoms with Gasteiger partial charge in [-0.3, -0.25) is 10.2 Å². The van der Waals surface area contributed by atoms with Crippen LogP contribution < -0.4 is 15.2 Å². The lowest BCUT2D eigenvalue weighted by atomic mass is 10.0. The van der Waals surface area contributed by atoms with Crippen LogP contribution in [0.3, 0.4) is 0 Å². The van der Waals surface area contributed by atoms with E-state index in [4.69, 9.17) is 4.74 Å². The first-order valence-electron chi connectivity index (χ1n) is 9.31. The molecule has 2 aromatic carbocycles. The molecule has 0 spiro atoms. The lowest BCUT2D eigenvalue weighted by molar-refractivity contribution is -0.120. The summed E-state index contributed by atoms with van der Waals surface area (Å²) in [5, 5.41) is 0. The number of hydrogen-bond acceptors (Lipinski definition) is 6. The molecule has 0 fully saturated rings. The summed E-state index contributed by atoms with van der Waals surface area (Å²) in [6.07, 6.45) is 1.89. The van der Waals surface area contributed by atoms with Crippen LogP contribution >= 0.6 is 0 Å². The Kier molecular flexibility index (Phi) is 6.50. The molecule has 3 rings (SSSR count). The molecule has 0 saturated carbocycles. The van der Waals surface area contributed by atoms with Crippen LogP contribution in [0.2, 0.25) is 0 Å². The molecule has 2 N–H and O–H groups in total. The largest absolute Gasteiger partial charge is 0.462 e. The smallest absolute Gasteiger partial charge is 0.338 e. The fraction of sp³-hybridized carbons (Fsp3) is 0.300. The number of fused-ring (bicyclic) bond motifs is 1. The molecule has 0 radical (unpaired) electrons. The van der Waals surface area contributed by atoms with Gasteiger partial charge in [0.1, 0.15) is 0 Å². The second-order valence-corrected chi connectivity index (χ2v) is 8.23. The summed E-state index contributed by atoms with van der Waals surface area (Å²) in [4.78, 5) is 27.9. The number of rotatable bonds is 7. The van der Waals surface area contributed by atoms with Crippen molar-refractivity contribution in [1.82, 2.24) is 10.3 Å². The zero-order chi connectivity index (χ0) is 20.9. The van der Waals surface area contributed by atoms with E-state index in [1.54, 1.807) is 6.92 Å². The highest BCUT2D eigenvalue weighted by molar-refractivity contribution is 7.89. The third-order valence-electron chi connectivity index (χ3n) is 4.54. The molecule has 0 bridgehead atoms. The Labute approximate surface area is 169 Å². The van der Waals surface area contributed by atoms with Crippen molar-refractivity contribution in [3.63, 3.8) is 0 Å². The van der Waals surface area contributed by atoms with Crippen LogP contribution in [0.25, 0.3) is 0 Å². The van der Waals surface area contributed by atoms with E-state index in [1.807, 2.05) is 29.2 Å². The highest BCUT2D eigenvalue weighted by atomic mass is 32.2. The average molecular weight is 417 g/mol. The number of nitrogens with zero attached hydrogens (tertiary/aromatic N) is 1. The number of esters is 1. The number of hydrazine groups is 1. The van der Waals surface area contributed by atoms with E-state index < -0.39 is 21.9 Å². The molecule has 1 amide bonds. The summed E-state index contributed by atoms with van der Waals surface area (Å²) >= 11 is 0. The minimum atomic E-state index is -3.96. The topological polar surface area (TPSA) is 105 Å². The molecule has 0 saturated heterocycles. The molecule has 2 aromatic rings. The SMILES string of the molecule is CCOC(=O)c1ccc(S(=O)(=O)NNC(=O)CN2CCCc3ccccc32)cc1. The van der Waals surface area contributed by atoms with Crippen molar-refractivity contribution < 1.29 is 22.7 Å². The summed E-state index contributed by atoms with van der Waals surface area (Å²) in [6.45, 7) is 2.69. The third kappa shape index (κ3) is 5.12. The van der Waals surface area contributed by atoms with Crippen LogP contribution in [-0.4, -0.2) is 40.0 Å². The molecule has 0 aliphatic carbocycles. The van der Waals surface area contributed by atoms with Gasteiger partial charge in [0.15, 0.2) is 0 Å². The van der Waals surface area contributed by atoms with Crippen molar-refractivity contribution >= 4 is 27.6 Å². The van der Waals surface area contributed by atoms with E-state index >= 15 is 0 Å². The van der Waals surface area contributed by atoms with E-state index in [-0.39, 0.29) is 23.6 Å². The van der Waals surface area contributed by atoms with Crippen LogP contribution in [0.5, 0.6) is 0 Å². The predicted octanol–water partition coefficient (Wildman–Crippen LogP) is 1.63. The van der Waals surface area contributed by atoms with Gasteiger partial charge in [0.05, 0.1) is 23.6 Å². The van der Waals surface area contributed by atoms with Gasteiger partial charge in [0.2, 0.25) is 0 Å². The van der Waals surface area contributed by atoms with Gasteiger partial charge in [-0.2, -0.15) is 0 Å². The fourth-order valence-electron chi connectivity index (χ4n) is 3.16. The molecule has 1 heterocycles. The highest BCUT2D eigenvalue weighted by Crippen LogP contribution is 2.26. The van der Waals surface area contributed by atoms with E-state index in [0.717, 1.165) is 25.1 Å². The number of carbonyl (C=O) groups excluding carboxylic acids is 2. The molecule has 0 atom stereocenters. The maximum absolute atomic E-state index is 12.4. The van der Waals surface area contributed by atoms with Crippen LogP contribution in [0, 0.1) is 0 Å². The number of sulfonamides is 1. The van der Waals surface area contributed by atoms with Crippen LogP contribution in [-0.2, 0) is 26.0 Å². The number of benzene rings is 2. The minimum absolute atomic E-state index is 0.0430. The van der Waals surface area contributed by atoms with Crippen molar-refractivity contribution in [3.8, 4) is 0 Å². The first kappa shape index (κ1) is 20.8. The van der Waals surface area contributed by atoms with E-state index in [0.29, 0.717) is 0 Å². The summed E-state index contributed by atoms with van der Waals surface area (Å²) in [7, 11) is -3.96. The van der Waals surface area contributed by atoms with Gasteiger partial charge in [-0.05, 0) is 55.7 Å². The number of carbonyl (C=O) groups is 2. The number of hydrogen-bond donors (Lipinski definition) is 2. The van der Waals surface area contributed by atoms with E-state index in [9.17, 15) is 18.0 Å². The Balaban J connectivity index is 1.59. The Morgan fingerprint density at radius 1 is 1.10 bits per heavy atom. The normalized spacial score (nSPS) is 13.5. The predicted molar refractivity (Wildman–Crippen MR) is 108 cm³/mol. The summed E-state index contributed by atoms with van der Waals surface area (Å²) in [6, 6.07) is 13.1. The van der Waals surface area contributed by atoms with Crippen LogP contribution in [0.1, 0.15) is 29.3 Å². The van der Waals surface area contributed by atoms with Crippen molar-refractivity contribution in [2.24, 2.45) is 0 Å². The van der Waals surface area contributed by atoms with Crippen molar-refractivity contribution in [2.75, 3.05) is 24.6 Å². The number of para-hydroxylation sites is 1. The van der Waals surface area contributed by atoms with Gasteiger partial charge in [0.25, 0.3) is 15.9 Å². The van der Waals surface area contributed by atoms with Gasteiger partial charge in [-0.25, -0.2) is 13.2 Å². The van der Waals surface area contributed by atoms with Crippen LogP contribution in [0.4, 0.5) is 5.69 Å². The third-order valence-corrected chi connectivity index (χ3v) is 5.81. The fourth-order valence-corrected chi connectivity index (χ4v) is 4.02. The van der Waals surface area contributed by atoms with Gasteiger partial charge in [-0.15, -0.1) is 4.83 Å². The zero-order valence-electron chi connectivity index (χ0n) is 16.1. The molecule has 0 aromatic heterocycles. The van der Waals surface area contributed by atoms with Gasteiger partial charge in [0, 0.05) is 12.2 Å². The minimum Gasteiger partial charge on any atom is -0.462 e. The average Bonchev–Trinajstić information content (AvgIpc) is 2.73. The number of ether oxygens (including phenoxy) is 1. The Hall–Kier alpha value is -2.91. The van der Waals surface area contributed by atoms with E-state index in [2.05, 4.69) is 10.3 Å². The Bertz CT molecular complexity index is 989. The van der Waals surface area contributed by atoms with Crippen molar-refractivity contribution in [2.45, 2.75) is 24.7 Å². The maximum atomic E-state index is 12.4. The molecule has 8 nitrogen and oxygen atoms in total. The monoisotopic (exact) mass is 417 g/mol. The highest BCUT2D eigenvalue weighted by Gasteiger charge is 2.20.